The van der Waals surface area contributed by atoms with Gasteiger partial charge in [0, 0.05) is 0 Å². The molecule has 0 saturated carbocycles. The molecule has 0 aliphatic carbocycles. The molecule has 0 heterocycles. The highest BCUT2D eigenvalue weighted by molar-refractivity contribution is 7.73. The number of aryl methyl sites for hydroxylation is 1. The molecule has 0 aromatic heterocycles. The molecule has 3 nitrogen and oxygen atoms in total. The second kappa shape index (κ2) is 7.03. The summed E-state index contributed by atoms with van der Waals surface area (Å²) in [6, 6.07) is 10.3. The van der Waals surface area contributed by atoms with Crippen LogP contribution in [0.15, 0.2) is 30.3 Å². The molecule has 0 spiro atoms. The molecule has 1 aromatic carbocycles. The third-order valence-electron chi connectivity index (χ3n) is 1.20. The van der Waals surface area contributed by atoms with Gasteiger partial charge in [-0.15, -0.1) is 0 Å². The van der Waals surface area contributed by atoms with Crippen LogP contribution in [0.5, 0.6) is 0 Å². The Bertz CT molecular complexity index is 396. The van der Waals surface area contributed by atoms with Gasteiger partial charge in [0.2, 0.25) is 10.3 Å². The van der Waals surface area contributed by atoms with E-state index >= 15 is 0 Å². The molecule has 0 radical (unpaired) electrons. The minimum atomic E-state index is -2.32. The molecule has 0 saturated heterocycles. The van der Waals surface area contributed by atoms with Gasteiger partial charge >= 0.3 is 0 Å². The van der Waals surface area contributed by atoms with Crippen LogP contribution in [0, 0.1) is 6.92 Å². The molecule has 0 fully saturated rings. The Labute approximate surface area is 84.9 Å². The number of carbonyl (C=O) groups is 1. The highest BCUT2D eigenvalue weighted by Crippen LogP contribution is 1.92. The molecule has 4 heteroatoms. The van der Waals surface area contributed by atoms with Gasteiger partial charge in [-0.05, 0) is 13.8 Å². The van der Waals surface area contributed by atoms with E-state index in [1.165, 1.54) is 12.5 Å². The van der Waals surface area contributed by atoms with Crippen LogP contribution < -0.4 is 0 Å². The van der Waals surface area contributed by atoms with E-state index in [9.17, 15) is 13.2 Å². The topological polar surface area (TPSA) is 51.2 Å². The first kappa shape index (κ1) is 12.6. The summed E-state index contributed by atoms with van der Waals surface area (Å²) in [5.74, 6) is -0.451. The fourth-order valence-corrected chi connectivity index (χ4v) is 0.941. The van der Waals surface area contributed by atoms with Crippen LogP contribution in [0.4, 0.5) is 0 Å². The van der Waals surface area contributed by atoms with Gasteiger partial charge < -0.3 is 0 Å². The van der Waals surface area contributed by atoms with Crippen LogP contribution in [-0.4, -0.2) is 19.6 Å². The molecule has 1 rings (SSSR count). The molecule has 0 unspecified atom stereocenters. The quantitative estimate of drug-likeness (QED) is 0.658. The van der Waals surface area contributed by atoms with E-state index in [2.05, 4.69) is 19.1 Å². The van der Waals surface area contributed by atoms with Gasteiger partial charge in [-0.25, -0.2) is 0 Å². The van der Waals surface area contributed by atoms with Crippen molar-refractivity contribution in [3.8, 4) is 0 Å². The maximum absolute atomic E-state index is 9.81. The summed E-state index contributed by atoms with van der Waals surface area (Å²) in [6.07, 6.45) is 0. The third kappa shape index (κ3) is 8.67. The zero-order valence-corrected chi connectivity index (χ0v) is 8.91. The summed E-state index contributed by atoms with van der Waals surface area (Å²) in [4.78, 5) is 9.81. The minimum Gasteiger partial charge on any atom is -0.294 e. The predicted octanol–water partition coefficient (Wildman–Crippen LogP) is 1.25. The minimum absolute atomic E-state index is 0.451. The lowest BCUT2D eigenvalue weighted by Crippen LogP contribution is -1.89. The normalized spacial score (nSPS) is 8.14. The molecule has 0 aliphatic rings. The smallest absolute Gasteiger partial charge is 0.217 e. The van der Waals surface area contributed by atoms with Crippen LogP contribution in [0.25, 0.3) is 0 Å². The SMILES string of the molecule is CC(=O)C=S(=O)=O.Cc1ccccc1. The first-order valence-electron chi connectivity index (χ1n) is 3.97. The summed E-state index contributed by atoms with van der Waals surface area (Å²) in [5, 5.41) is 0.611. The Morgan fingerprint density at radius 1 is 1.21 bits per heavy atom. The van der Waals surface area contributed by atoms with E-state index in [-0.39, 0.29) is 0 Å². The average Bonchev–Trinajstić information content (AvgIpc) is 2.03. The first-order chi connectivity index (χ1) is 6.52. The fraction of sp³-hybridized carbons (Fsp3) is 0.200. The fourth-order valence-electron chi connectivity index (χ4n) is 0.670. The van der Waals surface area contributed by atoms with Crippen LogP contribution in [0.3, 0.4) is 0 Å². The van der Waals surface area contributed by atoms with Crippen molar-refractivity contribution in [1.82, 2.24) is 0 Å². The largest absolute Gasteiger partial charge is 0.294 e. The van der Waals surface area contributed by atoms with Crippen LogP contribution in [0.2, 0.25) is 0 Å². The predicted molar refractivity (Wildman–Crippen MR) is 56.8 cm³/mol. The van der Waals surface area contributed by atoms with Gasteiger partial charge in [-0.1, -0.05) is 35.9 Å². The van der Waals surface area contributed by atoms with E-state index in [1.54, 1.807) is 0 Å². The Balaban J connectivity index is 0.000000241. The van der Waals surface area contributed by atoms with E-state index in [4.69, 9.17) is 0 Å². The molecule has 76 valence electrons. The summed E-state index contributed by atoms with van der Waals surface area (Å²) >= 11 is 0. The number of hydrogen-bond donors (Lipinski definition) is 0. The molecule has 0 atom stereocenters. The second-order valence-corrected chi connectivity index (χ2v) is 3.40. The maximum Gasteiger partial charge on any atom is 0.217 e. The Morgan fingerprint density at radius 2 is 1.71 bits per heavy atom. The Hall–Kier alpha value is -1.42. The zero-order valence-electron chi connectivity index (χ0n) is 8.10. The van der Waals surface area contributed by atoms with Gasteiger partial charge in [-0.2, -0.15) is 8.42 Å². The summed E-state index contributed by atoms with van der Waals surface area (Å²) in [7, 11) is -2.32. The van der Waals surface area contributed by atoms with Crippen LogP contribution >= 0.6 is 0 Å². The van der Waals surface area contributed by atoms with Gasteiger partial charge in [0.25, 0.3) is 0 Å². The number of hydrogen-bond acceptors (Lipinski definition) is 3. The molecule has 0 amide bonds. The highest BCUT2D eigenvalue weighted by Gasteiger charge is 1.79. The molecule has 14 heavy (non-hydrogen) atoms. The van der Waals surface area contributed by atoms with Crippen molar-refractivity contribution in [3.05, 3.63) is 35.9 Å². The molecular formula is C10H12O3S. The van der Waals surface area contributed by atoms with E-state index in [0.29, 0.717) is 5.37 Å². The average molecular weight is 212 g/mol. The van der Waals surface area contributed by atoms with Gasteiger partial charge in [0.05, 0.1) is 0 Å². The monoisotopic (exact) mass is 212 g/mol. The van der Waals surface area contributed by atoms with Crippen molar-refractivity contribution in [2.24, 2.45) is 0 Å². The van der Waals surface area contributed by atoms with Crippen LogP contribution in [0.1, 0.15) is 12.5 Å². The van der Waals surface area contributed by atoms with Crippen molar-refractivity contribution in [1.29, 1.82) is 0 Å². The number of benzene rings is 1. The zero-order chi connectivity index (χ0) is 11.0. The number of ketones is 1. The molecule has 0 N–H and O–H groups in total. The van der Waals surface area contributed by atoms with E-state index in [1.807, 2.05) is 18.2 Å². The van der Waals surface area contributed by atoms with Crippen LogP contribution in [-0.2, 0) is 15.1 Å². The number of carbonyl (C=O) groups excluding carboxylic acids is 1. The summed E-state index contributed by atoms with van der Waals surface area (Å²) in [6.45, 7) is 3.26. The molecule has 1 aromatic rings. The van der Waals surface area contributed by atoms with Crippen molar-refractivity contribution in [3.63, 3.8) is 0 Å². The lowest BCUT2D eigenvalue weighted by Gasteiger charge is -1.82. The summed E-state index contributed by atoms with van der Waals surface area (Å²) in [5.41, 5.74) is 1.32. The van der Waals surface area contributed by atoms with Crippen molar-refractivity contribution >= 4 is 21.4 Å². The van der Waals surface area contributed by atoms with E-state index in [0.717, 1.165) is 0 Å². The van der Waals surface area contributed by atoms with Gasteiger partial charge in [-0.3, -0.25) is 4.79 Å². The Morgan fingerprint density at radius 3 is 1.86 bits per heavy atom. The van der Waals surface area contributed by atoms with Gasteiger partial charge in [0.15, 0.2) is 5.78 Å². The van der Waals surface area contributed by atoms with Crippen molar-refractivity contribution < 1.29 is 13.2 Å². The highest BCUT2D eigenvalue weighted by atomic mass is 32.2. The third-order valence-corrected chi connectivity index (χ3v) is 1.73. The Kier molecular flexibility index (Phi) is 6.32. The van der Waals surface area contributed by atoms with Gasteiger partial charge in [0.1, 0.15) is 5.37 Å². The summed E-state index contributed by atoms with van der Waals surface area (Å²) < 4.78 is 19.1. The standard InChI is InChI=1S/C7H8.C3H4O3S/c1-7-5-3-2-4-6-7;1-3(4)2-7(5)6/h2-6H,1H3;2H,1H3. The maximum atomic E-state index is 9.81. The number of Topliss-reactive ketones (excluding diaryl/α,β-unsaturated/α-hetero) is 1. The van der Waals surface area contributed by atoms with E-state index < -0.39 is 16.1 Å². The lowest BCUT2D eigenvalue weighted by molar-refractivity contribution is -0.110. The second-order valence-electron chi connectivity index (χ2n) is 2.64. The van der Waals surface area contributed by atoms with Crippen molar-refractivity contribution in [2.75, 3.05) is 0 Å². The molecule has 0 bridgehead atoms. The number of rotatable bonds is 1. The first-order valence-corrected chi connectivity index (χ1v) is 5.11. The molecule has 0 aliphatic heterocycles. The van der Waals surface area contributed by atoms with Crippen molar-refractivity contribution in [2.45, 2.75) is 13.8 Å². The molecular weight excluding hydrogens is 200 g/mol. The lowest BCUT2D eigenvalue weighted by atomic mass is 10.2.